The highest BCUT2D eigenvalue weighted by Gasteiger charge is 2.19. The lowest BCUT2D eigenvalue weighted by molar-refractivity contribution is 0.0659. The second-order valence-corrected chi connectivity index (χ2v) is 5.93. The van der Waals surface area contributed by atoms with Crippen LogP contribution in [0.25, 0.3) is 0 Å². The van der Waals surface area contributed by atoms with Crippen LogP contribution in [0.15, 0.2) is 10.5 Å². The summed E-state index contributed by atoms with van der Waals surface area (Å²) in [5.41, 5.74) is 0.932. The van der Waals surface area contributed by atoms with Crippen LogP contribution in [0.3, 0.4) is 0 Å². The molecular weight excluding hydrogens is 230 g/mol. The molecule has 1 rings (SSSR count). The zero-order valence-electron chi connectivity index (χ0n) is 11.8. The molecule has 0 radical (unpaired) electrons. The molecule has 0 saturated carbocycles. The van der Waals surface area contributed by atoms with Crippen LogP contribution < -0.4 is 5.32 Å². The Bertz CT molecular complexity index is 415. The molecule has 18 heavy (non-hydrogen) atoms. The zero-order valence-corrected chi connectivity index (χ0v) is 11.8. The summed E-state index contributed by atoms with van der Waals surface area (Å²) in [6.07, 6.45) is 0. The van der Waals surface area contributed by atoms with Gasteiger partial charge in [-0.2, -0.15) is 0 Å². The Morgan fingerprint density at radius 2 is 2.11 bits per heavy atom. The van der Waals surface area contributed by atoms with Gasteiger partial charge < -0.3 is 14.8 Å². The Balaban J connectivity index is 2.50. The molecule has 0 amide bonds. The number of aromatic carboxylic acids is 1. The van der Waals surface area contributed by atoms with Crippen LogP contribution >= 0.6 is 0 Å². The van der Waals surface area contributed by atoms with Gasteiger partial charge in [0, 0.05) is 5.56 Å². The van der Waals surface area contributed by atoms with Crippen LogP contribution in [-0.4, -0.2) is 17.6 Å². The van der Waals surface area contributed by atoms with Crippen molar-refractivity contribution in [1.29, 1.82) is 0 Å². The van der Waals surface area contributed by atoms with E-state index in [0.29, 0.717) is 23.8 Å². The number of aryl methyl sites for hydroxylation is 1. The highest BCUT2D eigenvalue weighted by molar-refractivity contribution is 5.86. The largest absolute Gasteiger partial charge is 0.475 e. The number of furan rings is 1. The summed E-state index contributed by atoms with van der Waals surface area (Å²) in [5.74, 6) is 0.232. The maximum Gasteiger partial charge on any atom is 0.372 e. The number of carboxylic acid groups (broad SMARTS) is 1. The number of carboxylic acids is 1. The number of nitrogens with one attached hydrogen (secondary N) is 1. The van der Waals surface area contributed by atoms with Gasteiger partial charge in [0.25, 0.3) is 0 Å². The molecule has 1 atom stereocenters. The topological polar surface area (TPSA) is 62.5 Å². The van der Waals surface area contributed by atoms with E-state index < -0.39 is 5.97 Å². The first-order valence-corrected chi connectivity index (χ1v) is 6.25. The molecule has 4 nitrogen and oxygen atoms in total. The van der Waals surface area contributed by atoms with Crippen molar-refractivity contribution in [2.45, 2.75) is 41.2 Å². The second-order valence-electron chi connectivity index (χ2n) is 5.93. The van der Waals surface area contributed by atoms with E-state index in [2.05, 4.69) is 33.0 Å². The average Bonchev–Trinajstić information content (AvgIpc) is 2.58. The summed E-state index contributed by atoms with van der Waals surface area (Å²) in [5, 5.41) is 12.2. The average molecular weight is 253 g/mol. The highest BCUT2D eigenvalue weighted by atomic mass is 16.4. The third-order valence-corrected chi connectivity index (χ3v) is 3.39. The molecule has 1 unspecified atom stereocenters. The van der Waals surface area contributed by atoms with Crippen LogP contribution in [0.4, 0.5) is 0 Å². The molecule has 2 N–H and O–H groups in total. The fourth-order valence-electron chi connectivity index (χ4n) is 1.57. The Hall–Kier alpha value is -1.29. The van der Waals surface area contributed by atoms with Crippen molar-refractivity contribution in [3.63, 3.8) is 0 Å². The molecule has 0 aliphatic heterocycles. The van der Waals surface area contributed by atoms with Crippen LogP contribution in [0.1, 0.15) is 49.6 Å². The maximum atomic E-state index is 10.8. The zero-order chi connectivity index (χ0) is 13.9. The number of rotatable bonds is 5. The summed E-state index contributed by atoms with van der Waals surface area (Å²) in [6.45, 7) is 12.0. The quantitative estimate of drug-likeness (QED) is 0.846. The minimum absolute atomic E-state index is 0.0377. The van der Waals surface area contributed by atoms with Gasteiger partial charge in [-0.25, -0.2) is 4.79 Å². The molecule has 0 bridgehead atoms. The van der Waals surface area contributed by atoms with E-state index in [0.717, 1.165) is 6.54 Å². The molecule has 1 heterocycles. The minimum atomic E-state index is -1.01. The van der Waals surface area contributed by atoms with Crippen molar-refractivity contribution in [3.8, 4) is 0 Å². The van der Waals surface area contributed by atoms with E-state index in [1.807, 2.05) is 0 Å². The van der Waals surface area contributed by atoms with Crippen LogP contribution in [0.5, 0.6) is 0 Å². The molecule has 0 aliphatic rings. The van der Waals surface area contributed by atoms with Gasteiger partial charge in [-0.15, -0.1) is 0 Å². The van der Waals surface area contributed by atoms with Crippen LogP contribution in [0.2, 0.25) is 0 Å². The third kappa shape index (κ3) is 3.88. The van der Waals surface area contributed by atoms with Gasteiger partial charge in [0.2, 0.25) is 5.76 Å². The van der Waals surface area contributed by atoms with E-state index >= 15 is 0 Å². The van der Waals surface area contributed by atoms with E-state index in [4.69, 9.17) is 9.52 Å². The van der Waals surface area contributed by atoms with Gasteiger partial charge in [-0.1, -0.05) is 27.7 Å². The second kappa shape index (κ2) is 5.57. The molecule has 1 aromatic heterocycles. The predicted octanol–water partition coefficient (Wildman–Crippen LogP) is 3.06. The maximum absolute atomic E-state index is 10.8. The fourth-order valence-corrected chi connectivity index (χ4v) is 1.57. The molecule has 0 saturated heterocycles. The molecule has 0 aliphatic carbocycles. The lowest BCUT2D eigenvalue weighted by atomic mass is 9.82. The molecule has 0 spiro atoms. The summed E-state index contributed by atoms with van der Waals surface area (Å²) < 4.78 is 5.28. The standard InChI is InChI=1S/C14H23NO3/c1-9-6-11(18-12(9)13(16)17)8-15-7-10(2)14(3,4)5/h6,10,15H,7-8H2,1-5H3,(H,16,17). The van der Waals surface area contributed by atoms with Crippen molar-refractivity contribution in [2.24, 2.45) is 11.3 Å². The number of hydrogen-bond donors (Lipinski definition) is 2. The summed E-state index contributed by atoms with van der Waals surface area (Å²) in [4.78, 5) is 10.8. The Labute approximate surface area is 108 Å². The summed E-state index contributed by atoms with van der Waals surface area (Å²) in [6, 6.07) is 1.78. The van der Waals surface area contributed by atoms with Gasteiger partial charge >= 0.3 is 5.97 Å². The first kappa shape index (κ1) is 14.8. The van der Waals surface area contributed by atoms with Crippen molar-refractivity contribution in [3.05, 3.63) is 23.2 Å². The van der Waals surface area contributed by atoms with E-state index in [1.54, 1.807) is 13.0 Å². The van der Waals surface area contributed by atoms with Gasteiger partial charge in [-0.3, -0.25) is 0 Å². The van der Waals surface area contributed by atoms with E-state index in [1.165, 1.54) is 0 Å². The lowest BCUT2D eigenvalue weighted by Crippen LogP contribution is -2.29. The Morgan fingerprint density at radius 3 is 2.56 bits per heavy atom. The Morgan fingerprint density at radius 1 is 1.50 bits per heavy atom. The van der Waals surface area contributed by atoms with Gasteiger partial charge in [0.1, 0.15) is 5.76 Å². The molecule has 1 aromatic rings. The predicted molar refractivity (Wildman–Crippen MR) is 70.7 cm³/mol. The highest BCUT2D eigenvalue weighted by Crippen LogP contribution is 2.24. The molecule has 4 heteroatoms. The van der Waals surface area contributed by atoms with Crippen molar-refractivity contribution < 1.29 is 14.3 Å². The molecular formula is C14H23NO3. The van der Waals surface area contributed by atoms with Gasteiger partial charge in [-0.05, 0) is 30.9 Å². The molecule has 102 valence electrons. The molecule has 0 fully saturated rings. The van der Waals surface area contributed by atoms with Crippen LogP contribution in [-0.2, 0) is 6.54 Å². The fraction of sp³-hybridized carbons (Fsp3) is 0.643. The minimum Gasteiger partial charge on any atom is -0.475 e. The van der Waals surface area contributed by atoms with Crippen LogP contribution in [0, 0.1) is 18.3 Å². The lowest BCUT2D eigenvalue weighted by Gasteiger charge is -2.27. The van der Waals surface area contributed by atoms with Crippen molar-refractivity contribution in [1.82, 2.24) is 5.32 Å². The van der Waals surface area contributed by atoms with Crippen molar-refractivity contribution in [2.75, 3.05) is 6.54 Å². The third-order valence-electron chi connectivity index (χ3n) is 3.39. The monoisotopic (exact) mass is 253 g/mol. The normalized spacial score (nSPS) is 13.6. The first-order valence-electron chi connectivity index (χ1n) is 6.25. The van der Waals surface area contributed by atoms with Gasteiger partial charge in [0.05, 0.1) is 6.54 Å². The van der Waals surface area contributed by atoms with E-state index in [9.17, 15) is 4.79 Å². The Kier molecular flexibility index (Phi) is 4.57. The van der Waals surface area contributed by atoms with E-state index in [-0.39, 0.29) is 11.2 Å². The summed E-state index contributed by atoms with van der Waals surface area (Å²) in [7, 11) is 0. The SMILES string of the molecule is Cc1cc(CNCC(C)C(C)(C)C)oc1C(=O)O. The number of hydrogen-bond acceptors (Lipinski definition) is 3. The van der Waals surface area contributed by atoms with Gasteiger partial charge in [0.15, 0.2) is 0 Å². The number of carbonyl (C=O) groups is 1. The molecule has 0 aromatic carbocycles. The first-order chi connectivity index (χ1) is 8.21. The smallest absolute Gasteiger partial charge is 0.372 e. The summed E-state index contributed by atoms with van der Waals surface area (Å²) >= 11 is 0. The van der Waals surface area contributed by atoms with Crippen molar-refractivity contribution >= 4 is 5.97 Å².